The van der Waals surface area contributed by atoms with Crippen LogP contribution in [0.3, 0.4) is 0 Å². The lowest BCUT2D eigenvalue weighted by Gasteiger charge is -2.31. The third-order valence-corrected chi connectivity index (χ3v) is 5.63. The molecule has 6 N–H and O–H groups in total. The van der Waals surface area contributed by atoms with Crippen molar-refractivity contribution in [1.82, 2.24) is 0 Å². The van der Waals surface area contributed by atoms with Gasteiger partial charge in [-0.3, -0.25) is 0 Å². The van der Waals surface area contributed by atoms with Crippen molar-refractivity contribution in [2.45, 2.75) is 18.7 Å². The van der Waals surface area contributed by atoms with Crippen molar-refractivity contribution in [3.63, 3.8) is 0 Å². The summed E-state index contributed by atoms with van der Waals surface area (Å²) in [7, 11) is 0. The molecule has 6 nitrogen and oxygen atoms in total. The predicted octanol–water partition coefficient (Wildman–Crippen LogP) is 4.26. The Labute approximate surface area is 201 Å². The molecule has 0 spiro atoms. The summed E-state index contributed by atoms with van der Waals surface area (Å²) in [6.07, 6.45) is -4.80. The molecule has 2 atom stereocenters. The standard InChI is InChI=1S/C24H19F3O4.C2H8N2/c25-24(26,27)17-7-9-18(23(29)30)20(12-17)15-6-8-19-21(11-15)31-13-16(22(19)28)10-14-4-2-1-3-5-14;3-1-2-4/h1-9,11-12,16,22,28H,10,13H2,(H,29,30);1-4H2/t16-,22+;/m0./s1. The molecule has 1 aliphatic rings. The van der Waals surface area contributed by atoms with E-state index in [0.717, 1.165) is 23.8 Å². The molecule has 0 saturated carbocycles. The first-order chi connectivity index (χ1) is 16.7. The van der Waals surface area contributed by atoms with Crippen molar-refractivity contribution >= 4 is 5.97 Å². The molecular weight excluding hydrogens is 461 g/mol. The van der Waals surface area contributed by atoms with Crippen molar-refractivity contribution in [2.75, 3.05) is 19.7 Å². The second kappa shape index (κ2) is 11.4. The highest BCUT2D eigenvalue weighted by Crippen LogP contribution is 2.41. The molecule has 3 aromatic carbocycles. The van der Waals surface area contributed by atoms with Gasteiger partial charge < -0.3 is 26.4 Å². The molecule has 186 valence electrons. The number of carbonyl (C=O) groups is 1. The van der Waals surface area contributed by atoms with E-state index in [9.17, 15) is 28.2 Å². The van der Waals surface area contributed by atoms with Gasteiger partial charge in [-0.05, 0) is 47.4 Å². The lowest BCUT2D eigenvalue weighted by atomic mass is 9.87. The number of aromatic carboxylic acids is 1. The predicted molar refractivity (Wildman–Crippen MR) is 126 cm³/mol. The molecule has 35 heavy (non-hydrogen) atoms. The fraction of sp³-hybridized carbons (Fsp3) is 0.269. The Morgan fingerprint density at radius 3 is 2.29 bits per heavy atom. The number of carboxylic acid groups (broad SMARTS) is 1. The summed E-state index contributed by atoms with van der Waals surface area (Å²) >= 11 is 0. The summed E-state index contributed by atoms with van der Waals surface area (Å²) in [6.45, 7) is 1.43. The Kier molecular flexibility index (Phi) is 8.50. The minimum Gasteiger partial charge on any atom is -0.493 e. The van der Waals surface area contributed by atoms with Crippen LogP contribution in [0.5, 0.6) is 5.75 Å². The molecule has 0 amide bonds. The van der Waals surface area contributed by atoms with E-state index >= 15 is 0 Å². The molecule has 0 aromatic heterocycles. The van der Waals surface area contributed by atoms with Crippen LogP contribution in [0.1, 0.15) is 33.2 Å². The molecule has 0 radical (unpaired) electrons. The minimum absolute atomic E-state index is 0.0605. The van der Waals surface area contributed by atoms with Gasteiger partial charge in [-0.15, -0.1) is 0 Å². The van der Waals surface area contributed by atoms with Gasteiger partial charge >= 0.3 is 12.1 Å². The average molecular weight is 489 g/mol. The molecule has 9 heteroatoms. The van der Waals surface area contributed by atoms with E-state index < -0.39 is 23.8 Å². The lowest BCUT2D eigenvalue weighted by Crippen LogP contribution is -2.27. The van der Waals surface area contributed by atoms with Crippen LogP contribution in [0.4, 0.5) is 13.2 Å². The molecule has 1 heterocycles. The van der Waals surface area contributed by atoms with Gasteiger partial charge in [0, 0.05) is 24.6 Å². The molecule has 4 rings (SSSR count). The van der Waals surface area contributed by atoms with Gasteiger partial charge in [0.1, 0.15) is 5.75 Å². The molecule has 1 aliphatic heterocycles. The Bertz CT molecular complexity index is 1150. The highest BCUT2D eigenvalue weighted by atomic mass is 19.4. The van der Waals surface area contributed by atoms with Crippen LogP contribution in [0.25, 0.3) is 11.1 Å². The maximum Gasteiger partial charge on any atom is 0.416 e. The van der Waals surface area contributed by atoms with E-state index in [4.69, 9.17) is 16.2 Å². The fourth-order valence-electron chi connectivity index (χ4n) is 3.85. The smallest absolute Gasteiger partial charge is 0.416 e. The molecule has 0 bridgehead atoms. The monoisotopic (exact) mass is 488 g/mol. The van der Waals surface area contributed by atoms with Crippen molar-refractivity contribution < 1.29 is 32.9 Å². The van der Waals surface area contributed by atoms with Crippen molar-refractivity contribution in [3.8, 4) is 16.9 Å². The highest BCUT2D eigenvalue weighted by Gasteiger charge is 2.33. The first-order valence-electron chi connectivity index (χ1n) is 11.0. The molecule has 0 aliphatic carbocycles. The topological polar surface area (TPSA) is 119 Å². The van der Waals surface area contributed by atoms with Crippen LogP contribution in [-0.4, -0.2) is 35.9 Å². The SMILES string of the molecule is NCCN.O=C(O)c1ccc(C(F)(F)F)cc1-c1ccc2c(c1)OC[C@H](Cc1ccccc1)[C@H]2O. The summed E-state index contributed by atoms with van der Waals surface area (Å²) in [5, 5.41) is 20.2. The summed E-state index contributed by atoms with van der Waals surface area (Å²) in [6, 6.07) is 16.8. The quantitative estimate of drug-likeness (QED) is 0.426. The number of benzene rings is 3. The number of halogens is 3. The number of fused-ring (bicyclic) bond motifs is 1. The number of alkyl halides is 3. The van der Waals surface area contributed by atoms with Crippen molar-refractivity contribution in [2.24, 2.45) is 17.4 Å². The van der Waals surface area contributed by atoms with E-state index in [1.165, 1.54) is 12.1 Å². The number of nitrogens with two attached hydrogens (primary N) is 2. The number of carboxylic acids is 1. The number of aliphatic hydroxyl groups excluding tert-OH is 1. The van der Waals surface area contributed by atoms with Gasteiger partial charge in [0.15, 0.2) is 0 Å². The van der Waals surface area contributed by atoms with Crippen LogP contribution < -0.4 is 16.2 Å². The highest BCUT2D eigenvalue weighted by molar-refractivity contribution is 5.96. The molecule has 0 unspecified atom stereocenters. The Morgan fingerprint density at radius 2 is 1.69 bits per heavy atom. The van der Waals surface area contributed by atoms with Crippen LogP contribution in [0.2, 0.25) is 0 Å². The Hall–Kier alpha value is -3.40. The number of rotatable bonds is 5. The Balaban J connectivity index is 0.000000795. The van der Waals surface area contributed by atoms with Crippen LogP contribution in [0.15, 0.2) is 66.7 Å². The first kappa shape index (κ1) is 26.2. The first-order valence-corrected chi connectivity index (χ1v) is 11.0. The van der Waals surface area contributed by atoms with Gasteiger partial charge in [0.2, 0.25) is 0 Å². The van der Waals surface area contributed by atoms with Gasteiger partial charge in [-0.25, -0.2) is 4.79 Å². The lowest BCUT2D eigenvalue weighted by molar-refractivity contribution is -0.137. The third-order valence-electron chi connectivity index (χ3n) is 5.63. The molecule has 0 fully saturated rings. The minimum atomic E-state index is -4.60. The number of ether oxygens (including phenoxy) is 1. The van der Waals surface area contributed by atoms with Crippen molar-refractivity contribution in [3.05, 3.63) is 89.0 Å². The number of hydrogen-bond acceptors (Lipinski definition) is 5. The van der Waals surface area contributed by atoms with Gasteiger partial charge in [0.05, 0.1) is 23.8 Å². The van der Waals surface area contributed by atoms with Crippen LogP contribution in [0, 0.1) is 5.92 Å². The van der Waals surface area contributed by atoms with Crippen LogP contribution >= 0.6 is 0 Å². The van der Waals surface area contributed by atoms with E-state index in [1.807, 2.05) is 30.3 Å². The fourth-order valence-corrected chi connectivity index (χ4v) is 3.85. The van der Waals surface area contributed by atoms with E-state index in [0.29, 0.717) is 30.8 Å². The normalized spacial score (nSPS) is 17.0. The average Bonchev–Trinajstić information content (AvgIpc) is 2.85. The Morgan fingerprint density at radius 1 is 1.00 bits per heavy atom. The molecule has 0 saturated heterocycles. The largest absolute Gasteiger partial charge is 0.493 e. The third kappa shape index (κ3) is 6.39. The summed E-state index contributed by atoms with van der Waals surface area (Å²) in [5.74, 6) is -1.17. The van der Waals surface area contributed by atoms with E-state index in [1.54, 1.807) is 6.07 Å². The maximum atomic E-state index is 13.2. The van der Waals surface area contributed by atoms with Gasteiger partial charge in [-0.2, -0.15) is 13.2 Å². The van der Waals surface area contributed by atoms with E-state index in [-0.39, 0.29) is 29.2 Å². The summed E-state index contributed by atoms with van der Waals surface area (Å²) in [4.78, 5) is 11.6. The van der Waals surface area contributed by atoms with Gasteiger partial charge in [-0.1, -0.05) is 42.5 Å². The maximum absolute atomic E-state index is 13.2. The second-order valence-corrected chi connectivity index (χ2v) is 8.10. The van der Waals surface area contributed by atoms with E-state index in [2.05, 4.69) is 0 Å². The summed E-state index contributed by atoms with van der Waals surface area (Å²) in [5.41, 5.74) is 10.4. The van der Waals surface area contributed by atoms with Gasteiger partial charge in [0.25, 0.3) is 0 Å². The summed E-state index contributed by atoms with van der Waals surface area (Å²) < 4.78 is 45.3. The zero-order valence-corrected chi connectivity index (χ0v) is 18.8. The van der Waals surface area contributed by atoms with Crippen LogP contribution in [-0.2, 0) is 12.6 Å². The molecule has 3 aromatic rings. The second-order valence-electron chi connectivity index (χ2n) is 8.10. The zero-order valence-electron chi connectivity index (χ0n) is 18.8. The van der Waals surface area contributed by atoms with Crippen molar-refractivity contribution in [1.29, 1.82) is 0 Å². The number of aliphatic hydroxyl groups is 1. The molecular formula is C26H27F3N2O4. The number of hydrogen-bond donors (Lipinski definition) is 4. The zero-order chi connectivity index (χ0) is 25.6.